The van der Waals surface area contributed by atoms with Gasteiger partial charge in [-0.25, -0.2) is 4.98 Å². The molecule has 0 N–H and O–H groups in total. The molecule has 1 aromatic carbocycles. The largest absolute Gasteiger partial charge is 0.469 e. The predicted molar refractivity (Wildman–Crippen MR) is 77.8 cm³/mol. The van der Waals surface area contributed by atoms with Gasteiger partial charge in [0.05, 0.1) is 13.5 Å². The summed E-state index contributed by atoms with van der Waals surface area (Å²) < 4.78 is 15.5. The zero-order valence-electron chi connectivity index (χ0n) is 12.0. The molecule has 21 heavy (non-hydrogen) atoms. The molecule has 1 aliphatic heterocycles. The van der Waals surface area contributed by atoms with E-state index in [1.165, 1.54) is 7.11 Å². The molecular weight excluding hydrogens is 272 g/mol. The van der Waals surface area contributed by atoms with Crippen LogP contribution in [0.5, 0.6) is 11.5 Å². The first-order valence-electron chi connectivity index (χ1n) is 6.65. The van der Waals surface area contributed by atoms with E-state index in [0.29, 0.717) is 13.0 Å². The minimum absolute atomic E-state index is 0.236. The fraction of sp³-hybridized carbons (Fsp3) is 0.333. The lowest BCUT2D eigenvalue weighted by Gasteiger charge is -2.19. The number of methoxy groups -OCH3 is 1. The fourth-order valence-corrected chi connectivity index (χ4v) is 2.32. The van der Waals surface area contributed by atoms with Crippen LogP contribution in [0, 0.1) is 0 Å². The third kappa shape index (κ3) is 2.56. The summed E-state index contributed by atoms with van der Waals surface area (Å²) in [5, 5.41) is 1.99. The normalized spacial score (nSPS) is 12.5. The molecular formula is C15H16N2O4. The van der Waals surface area contributed by atoms with Crippen molar-refractivity contribution in [1.82, 2.24) is 4.98 Å². The number of fused-ring (bicyclic) bond motifs is 2. The molecule has 0 bridgehead atoms. The lowest BCUT2D eigenvalue weighted by atomic mass is 10.1. The maximum Gasteiger partial charge on any atom is 0.307 e. The molecule has 3 rings (SSSR count). The first kappa shape index (κ1) is 13.5. The molecule has 110 valence electrons. The van der Waals surface area contributed by atoms with Crippen molar-refractivity contribution in [2.24, 2.45) is 0 Å². The summed E-state index contributed by atoms with van der Waals surface area (Å²) in [6, 6.07) is 5.79. The molecule has 6 heteroatoms. The molecule has 0 unspecified atom stereocenters. The average Bonchev–Trinajstić information content (AvgIpc) is 2.96. The Bertz CT molecular complexity index is 687. The van der Waals surface area contributed by atoms with Crippen molar-refractivity contribution in [3.63, 3.8) is 0 Å². The van der Waals surface area contributed by atoms with Crippen molar-refractivity contribution in [2.75, 3.05) is 32.4 Å². The van der Waals surface area contributed by atoms with Crippen LogP contribution < -0.4 is 14.4 Å². The van der Waals surface area contributed by atoms with Crippen molar-refractivity contribution in [1.29, 1.82) is 0 Å². The SMILES string of the molecule is COC(=O)CCN(C)c1nccc2cc3c(cc12)OCO3. The number of pyridine rings is 1. The molecule has 0 fully saturated rings. The van der Waals surface area contributed by atoms with Gasteiger partial charge in [0.2, 0.25) is 6.79 Å². The summed E-state index contributed by atoms with van der Waals surface area (Å²) in [5.74, 6) is 2.03. The zero-order chi connectivity index (χ0) is 14.8. The van der Waals surface area contributed by atoms with E-state index in [-0.39, 0.29) is 12.8 Å². The lowest BCUT2D eigenvalue weighted by molar-refractivity contribution is -0.140. The van der Waals surface area contributed by atoms with Gasteiger partial charge in [0, 0.05) is 25.2 Å². The van der Waals surface area contributed by atoms with Crippen LogP contribution in [0.3, 0.4) is 0 Å². The summed E-state index contributed by atoms with van der Waals surface area (Å²) in [5.41, 5.74) is 0. The standard InChI is InChI=1S/C15H16N2O4/c1-17(6-4-14(18)19-2)15-11-8-13-12(20-9-21-13)7-10(11)3-5-16-15/h3,5,7-8H,4,6,9H2,1-2H3. The van der Waals surface area contributed by atoms with Crippen molar-refractivity contribution < 1.29 is 19.0 Å². The molecule has 0 aliphatic carbocycles. The van der Waals surface area contributed by atoms with Crippen LogP contribution in [0.1, 0.15) is 6.42 Å². The Hall–Kier alpha value is -2.50. The van der Waals surface area contributed by atoms with E-state index in [1.54, 1.807) is 6.20 Å². The highest BCUT2D eigenvalue weighted by molar-refractivity contribution is 5.94. The molecule has 2 heterocycles. The summed E-state index contributed by atoms with van der Waals surface area (Å²) in [6.07, 6.45) is 2.06. The van der Waals surface area contributed by atoms with Gasteiger partial charge in [-0.3, -0.25) is 4.79 Å². The summed E-state index contributed by atoms with van der Waals surface area (Å²) in [4.78, 5) is 17.6. The van der Waals surface area contributed by atoms with Crippen LogP contribution in [0.15, 0.2) is 24.4 Å². The number of carbonyl (C=O) groups excluding carboxylic acids is 1. The molecule has 0 atom stereocenters. The molecule has 0 saturated carbocycles. The van der Waals surface area contributed by atoms with E-state index in [4.69, 9.17) is 9.47 Å². The zero-order valence-corrected chi connectivity index (χ0v) is 12.0. The lowest BCUT2D eigenvalue weighted by Crippen LogP contribution is -2.22. The summed E-state index contributed by atoms with van der Waals surface area (Å²) in [6.45, 7) is 0.778. The first-order valence-corrected chi connectivity index (χ1v) is 6.65. The van der Waals surface area contributed by atoms with Crippen LogP contribution in [0.4, 0.5) is 5.82 Å². The van der Waals surface area contributed by atoms with Crippen LogP contribution in [-0.4, -0.2) is 38.4 Å². The van der Waals surface area contributed by atoms with Gasteiger partial charge < -0.3 is 19.1 Å². The van der Waals surface area contributed by atoms with Crippen LogP contribution in [-0.2, 0) is 9.53 Å². The van der Waals surface area contributed by atoms with Gasteiger partial charge in [-0.2, -0.15) is 0 Å². The highest BCUT2D eigenvalue weighted by Gasteiger charge is 2.17. The fourth-order valence-electron chi connectivity index (χ4n) is 2.32. The van der Waals surface area contributed by atoms with Crippen LogP contribution in [0.25, 0.3) is 10.8 Å². The Balaban J connectivity index is 1.93. The van der Waals surface area contributed by atoms with Gasteiger partial charge in [0.1, 0.15) is 5.82 Å². The second-order valence-electron chi connectivity index (χ2n) is 4.81. The third-order valence-corrected chi connectivity index (χ3v) is 3.48. The topological polar surface area (TPSA) is 60.9 Å². The smallest absolute Gasteiger partial charge is 0.307 e. The van der Waals surface area contributed by atoms with Crippen LogP contribution >= 0.6 is 0 Å². The predicted octanol–water partition coefficient (Wildman–Crippen LogP) is 1.96. The van der Waals surface area contributed by atoms with Gasteiger partial charge in [-0.05, 0) is 23.6 Å². The molecule has 0 radical (unpaired) electrons. The molecule has 0 amide bonds. The maximum atomic E-state index is 11.3. The molecule has 0 saturated heterocycles. The van der Waals surface area contributed by atoms with Gasteiger partial charge in [-0.15, -0.1) is 0 Å². The summed E-state index contributed by atoms with van der Waals surface area (Å²) in [7, 11) is 3.29. The van der Waals surface area contributed by atoms with Gasteiger partial charge >= 0.3 is 5.97 Å². The first-order chi connectivity index (χ1) is 10.2. The monoisotopic (exact) mass is 288 g/mol. The average molecular weight is 288 g/mol. The van der Waals surface area contributed by atoms with Crippen molar-refractivity contribution in [2.45, 2.75) is 6.42 Å². The van der Waals surface area contributed by atoms with Crippen molar-refractivity contribution >= 4 is 22.6 Å². The van der Waals surface area contributed by atoms with E-state index in [9.17, 15) is 4.79 Å². The highest BCUT2D eigenvalue weighted by atomic mass is 16.7. The second-order valence-corrected chi connectivity index (χ2v) is 4.81. The number of aromatic nitrogens is 1. The molecule has 2 aromatic rings. The van der Waals surface area contributed by atoms with Gasteiger partial charge in [0.15, 0.2) is 11.5 Å². The highest BCUT2D eigenvalue weighted by Crippen LogP contribution is 2.38. The van der Waals surface area contributed by atoms with Gasteiger partial charge in [-0.1, -0.05) is 0 Å². The number of rotatable bonds is 4. The number of hydrogen-bond acceptors (Lipinski definition) is 6. The molecule has 1 aliphatic rings. The number of carbonyl (C=O) groups is 1. The van der Waals surface area contributed by atoms with Gasteiger partial charge in [0.25, 0.3) is 0 Å². The third-order valence-electron chi connectivity index (χ3n) is 3.48. The number of anilines is 1. The Morgan fingerprint density at radius 1 is 1.38 bits per heavy atom. The van der Waals surface area contributed by atoms with Crippen molar-refractivity contribution in [3.05, 3.63) is 24.4 Å². The van der Waals surface area contributed by atoms with E-state index in [0.717, 1.165) is 28.1 Å². The second kappa shape index (κ2) is 5.47. The Labute approximate surface area is 122 Å². The quantitative estimate of drug-likeness (QED) is 0.802. The van der Waals surface area contributed by atoms with Crippen molar-refractivity contribution in [3.8, 4) is 11.5 Å². The Morgan fingerprint density at radius 2 is 2.14 bits per heavy atom. The Morgan fingerprint density at radius 3 is 2.90 bits per heavy atom. The minimum atomic E-state index is -0.236. The van der Waals surface area contributed by atoms with E-state index in [1.807, 2.05) is 30.1 Å². The van der Waals surface area contributed by atoms with E-state index >= 15 is 0 Å². The number of nitrogens with zero attached hydrogens (tertiary/aromatic N) is 2. The number of esters is 1. The van der Waals surface area contributed by atoms with E-state index in [2.05, 4.69) is 9.72 Å². The number of ether oxygens (including phenoxy) is 3. The minimum Gasteiger partial charge on any atom is -0.469 e. The van der Waals surface area contributed by atoms with E-state index < -0.39 is 0 Å². The molecule has 0 spiro atoms. The number of benzene rings is 1. The maximum absolute atomic E-state index is 11.3. The Kier molecular flexibility index (Phi) is 3.51. The molecule has 1 aromatic heterocycles. The summed E-state index contributed by atoms with van der Waals surface area (Å²) >= 11 is 0. The molecule has 6 nitrogen and oxygen atoms in total. The number of hydrogen-bond donors (Lipinski definition) is 0. The van der Waals surface area contributed by atoms with Crippen LogP contribution in [0.2, 0.25) is 0 Å².